The van der Waals surface area contributed by atoms with E-state index in [0.29, 0.717) is 5.92 Å². The van der Waals surface area contributed by atoms with Gasteiger partial charge in [-0.2, -0.15) is 0 Å². The van der Waals surface area contributed by atoms with Gasteiger partial charge in [0.1, 0.15) is 0 Å². The van der Waals surface area contributed by atoms with E-state index < -0.39 is 0 Å². The summed E-state index contributed by atoms with van der Waals surface area (Å²) in [5, 5.41) is 2.72. The molecule has 0 saturated carbocycles. The molecule has 0 N–H and O–H groups in total. The Morgan fingerprint density at radius 1 is 0.607 bits per heavy atom. The Kier molecular flexibility index (Phi) is 3.74. The summed E-state index contributed by atoms with van der Waals surface area (Å²) < 4.78 is 0. The smallest absolute Gasteiger partial charge is 0.0159 e. The van der Waals surface area contributed by atoms with E-state index in [1.54, 1.807) is 0 Å². The average Bonchev–Trinajstić information content (AvgIpc) is 2.94. The lowest BCUT2D eigenvalue weighted by Crippen LogP contribution is -2.14. The molecule has 0 atom stereocenters. The molecule has 0 fully saturated rings. The third-order valence-electron chi connectivity index (χ3n) is 6.47. The van der Waals surface area contributed by atoms with Gasteiger partial charge in [0.15, 0.2) is 0 Å². The van der Waals surface area contributed by atoms with Gasteiger partial charge in [0, 0.05) is 5.41 Å². The van der Waals surface area contributed by atoms with Gasteiger partial charge in [-0.15, -0.1) is 0 Å². The van der Waals surface area contributed by atoms with Gasteiger partial charge in [0.05, 0.1) is 0 Å². The van der Waals surface area contributed by atoms with Crippen LogP contribution in [-0.2, 0) is 5.41 Å². The van der Waals surface area contributed by atoms with Crippen molar-refractivity contribution < 1.29 is 0 Å². The quantitative estimate of drug-likeness (QED) is 0.339. The summed E-state index contributed by atoms with van der Waals surface area (Å²) >= 11 is 0. The van der Waals surface area contributed by atoms with Crippen LogP contribution in [0, 0.1) is 0 Å². The summed E-state index contributed by atoms with van der Waals surface area (Å²) in [5.41, 5.74) is 9.73. The van der Waals surface area contributed by atoms with E-state index in [9.17, 15) is 0 Å². The monoisotopic (exact) mass is 362 g/mol. The van der Waals surface area contributed by atoms with E-state index >= 15 is 0 Å². The van der Waals surface area contributed by atoms with Gasteiger partial charge in [0.2, 0.25) is 0 Å². The first-order chi connectivity index (χ1) is 13.5. The fourth-order valence-corrected chi connectivity index (χ4v) is 4.95. The zero-order valence-electron chi connectivity index (χ0n) is 17.1. The number of hydrogen-bond donors (Lipinski definition) is 0. The van der Waals surface area contributed by atoms with Gasteiger partial charge in [-0.05, 0) is 61.7 Å². The van der Waals surface area contributed by atoms with Crippen LogP contribution in [0.4, 0.5) is 0 Å². The van der Waals surface area contributed by atoms with Crippen molar-refractivity contribution in [1.29, 1.82) is 0 Å². The molecule has 0 heterocycles. The highest BCUT2D eigenvalue weighted by Gasteiger charge is 2.35. The predicted molar refractivity (Wildman–Crippen MR) is 121 cm³/mol. The van der Waals surface area contributed by atoms with Gasteiger partial charge in [0.25, 0.3) is 0 Å². The molecule has 0 saturated heterocycles. The second-order valence-electron chi connectivity index (χ2n) is 8.83. The molecule has 0 amide bonds. The minimum absolute atomic E-state index is 0.0373. The highest BCUT2D eigenvalue weighted by Crippen LogP contribution is 2.49. The molecule has 0 nitrogen and oxygen atoms in total. The maximum Gasteiger partial charge on any atom is 0.0159 e. The van der Waals surface area contributed by atoms with E-state index in [4.69, 9.17) is 0 Å². The minimum atomic E-state index is 0.0373. The summed E-state index contributed by atoms with van der Waals surface area (Å²) in [5.74, 6) is 0.521. The second-order valence-corrected chi connectivity index (χ2v) is 8.83. The van der Waals surface area contributed by atoms with E-state index in [-0.39, 0.29) is 5.41 Å². The molecule has 5 rings (SSSR count). The molecule has 0 heteroatoms. The van der Waals surface area contributed by atoms with Gasteiger partial charge in [-0.25, -0.2) is 0 Å². The van der Waals surface area contributed by atoms with Crippen LogP contribution >= 0.6 is 0 Å². The molecular weight excluding hydrogens is 336 g/mol. The van der Waals surface area contributed by atoms with Crippen molar-refractivity contribution in [2.24, 2.45) is 0 Å². The number of rotatable bonds is 2. The summed E-state index contributed by atoms with van der Waals surface area (Å²) in [4.78, 5) is 0. The molecule has 0 spiro atoms. The second kappa shape index (κ2) is 6.07. The molecule has 0 bridgehead atoms. The van der Waals surface area contributed by atoms with Crippen molar-refractivity contribution >= 4 is 10.8 Å². The van der Waals surface area contributed by atoms with Crippen LogP contribution < -0.4 is 0 Å². The highest BCUT2D eigenvalue weighted by molar-refractivity contribution is 5.99. The number of benzene rings is 4. The lowest BCUT2D eigenvalue weighted by molar-refractivity contribution is 0.660. The summed E-state index contributed by atoms with van der Waals surface area (Å²) in [7, 11) is 0. The first-order valence-electron chi connectivity index (χ1n) is 10.2. The molecule has 0 unspecified atom stereocenters. The Labute approximate surface area is 167 Å². The zero-order valence-corrected chi connectivity index (χ0v) is 17.1. The van der Waals surface area contributed by atoms with Crippen LogP contribution in [0.5, 0.6) is 0 Å². The molecule has 4 aromatic rings. The molecular formula is C28H26. The van der Waals surface area contributed by atoms with Crippen molar-refractivity contribution in [1.82, 2.24) is 0 Å². The van der Waals surface area contributed by atoms with Crippen LogP contribution in [0.25, 0.3) is 33.0 Å². The molecule has 28 heavy (non-hydrogen) atoms. The summed E-state index contributed by atoms with van der Waals surface area (Å²) in [6, 6.07) is 29.4. The number of hydrogen-bond acceptors (Lipinski definition) is 0. The molecule has 0 aliphatic heterocycles. The van der Waals surface area contributed by atoms with E-state index in [1.807, 2.05) is 0 Å². The van der Waals surface area contributed by atoms with Crippen molar-refractivity contribution in [3.05, 3.63) is 95.6 Å². The van der Waals surface area contributed by atoms with Crippen LogP contribution in [0.1, 0.15) is 50.3 Å². The third kappa shape index (κ3) is 2.37. The maximum absolute atomic E-state index is 2.42. The fourth-order valence-electron chi connectivity index (χ4n) is 4.95. The van der Waals surface area contributed by atoms with Crippen LogP contribution in [-0.4, -0.2) is 0 Å². The van der Waals surface area contributed by atoms with Crippen molar-refractivity contribution in [2.45, 2.75) is 39.0 Å². The topological polar surface area (TPSA) is 0 Å². The Bertz CT molecular complexity index is 1210. The largest absolute Gasteiger partial charge is 0.0619 e. The zero-order chi connectivity index (χ0) is 19.5. The maximum atomic E-state index is 2.42. The summed E-state index contributed by atoms with van der Waals surface area (Å²) in [6.07, 6.45) is 0. The van der Waals surface area contributed by atoms with Gasteiger partial charge in [-0.1, -0.05) is 100 Å². The standard InChI is InChI=1S/C28H26/c1-18(2)20-15-16-21(23-10-6-5-9-22(20)23)19-13-14-25-24-11-7-8-12-26(24)28(3,4)27(25)17-19/h5-18H,1-4H3. The Morgan fingerprint density at radius 2 is 1.25 bits per heavy atom. The SMILES string of the molecule is CC(C)c1ccc(-c2ccc3c(c2)C(C)(C)c2ccccc2-3)c2ccccc12. The van der Waals surface area contributed by atoms with Crippen molar-refractivity contribution in [2.75, 3.05) is 0 Å². The molecule has 0 radical (unpaired) electrons. The first-order valence-corrected chi connectivity index (χ1v) is 10.2. The Hall–Kier alpha value is -2.86. The minimum Gasteiger partial charge on any atom is -0.0619 e. The van der Waals surface area contributed by atoms with E-state index in [1.165, 1.54) is 49.7 Å². The molecule has 0 aromatic heterocycles. The van der Waals surface area contributed by atoms with Crippen LogP contribution in [0.3, 0.4) is 0 Å². The first kappa shape index (κ1) is 17.3. The molecule has 138 valence electrons. The molecule has 4 aromatic carbocycles. The van der Waals surface area contributed by atoms with Crippen molar-refractivity contribution in [3.8, 4) is 22.3 Å². The van der Waals surface area contributed by atoms with Gasteiger partial charge >= 0.3 is 0 Å². The lowest BCUT2D eigenvalue weighted by Gasteiger charge is -2.22. The van der Waals surface area contributed by atoms with E-state index in [2.05, 4.69) is 107 Å². The van der Waals surface area contributed by atoms with E-state index in [0.717, 1.165) is 0 Å². The Balaban J connectivity index is 1.74. The van der Waals surface area contributed by atoms with Gasteiger partial charge < -0.3 is 0 Å². The highest BCUT2D eigenvalue weighted by atomic mass is 14.4. The molecule has 1 aliphatic carbocycles. The van der Waals surface area contributed by atoms with Gasteiger partial charge in [-0.3, -0.25) is 0 Å². The fraction of sp³-hybridized carbons (Fsp3) is 0.214. The normalized spacial score (nSPS) is 14.3. The lowest BCUT2D eigenvalue weighted by atomic mass is 9.81. The molecule has 1 aliphatic rings. The summed E-state index contributed by atoms with van der Waals surface area (Å²) in [6.45, 7) is 9.25. The van der Waals surface area contributed by atoms with Crippen LogP contribution in [0.15, 0.2) is 78.9 Å². The number of fused-ring (bicyclic) bond motifs is 4. The predicted octanol–water partition coefficient (Wildman–Crippen LogP) is 7.94. The van der Waals surface area contributed by atoms with Crippen LogP contribution in [0.2, 0.25) is 0 Å². The van der Waals surface area contributed by atoms with Crippen molar-refractivity contribution in [3.63, 3.8) is 0 Å². The average molecular weight is 363 g/mol. The third-order valence-corrected chi connectivity index (χ3v) is 6.47. The Morgan fingerprint density at radius 3 is 2.04 bits per heavy atom.